The number of nitrogens with zero attached hydrogens (tertiary/aromatic N) is 5. The van der Waals surface area contributed by atoms with Crippen LogP contribution in [-0.2, 0) is 13.1 Å². The summed E-state index contributed by atoms with van der Waals surface area (Å²) in [6, 6.07) is 3.37. The van der Waals surface area contributed by atoms with Gasteiger partial charge >= 0.3 is 0 Å². The number of hydrogen-bond acceptors (Lipinski definition) is 4. The van der Waals surface area contributed by atoms with Crippen LogP contribution in [0.2, 0.25) is 0 Å². The van der Waals surface area contributed by atoms with Crippen molar-refractivity contribution in [2.45, 2.75) is 26.9 Å². The second-order valence-corrected chi connectivity index (χ2v) is 6.47. The third kappa shape index (κ3) is 2.41. The Labute approximate surface area is 142 Å². The van der Waals surface area contributed by atoms with Gasteiger partial charge in [0.25, 0.3) is 0 Å². The van der Waals surface area contributed by atoms with Crippen LogP contribution < -0.4 is 0 Å². The van der Waals surface area contributed by atoms with Crippen molar-refractivity contribution >= 4 is 22.4 Å². The lowest BCUT2D eigenvalue weighted by atomic mass is 10.2. The second kappa shape index (κ2) is 5.83. The largest absolute Gasteiger partial charge is 0.327 e. The van der Waals surface area contributed by atoms with Crippen LogP contribution >= 0.6 is 11.3 Å². The first kappa shape index (κ1) is 15.0. The summed E-state index contributed by atoms with van der Waals surface area (Å²) in [6.45, 7) is 5.19. The number of aromatic nitrogens is 5. The highest BCUT2D eigenvalue weighted by atomic mass is 32.1. The van der Waals surface area contributed by atoms with E-state index in [9.17, 15) is 4.39 Å². The first-order chi connectivity index (χ1) is 11.7. The SMILES string of the molecule is CCn1c(Cn2ccnc2-c2nccs2)nc2cc(F)c(C)cc21. The minimum Gasteiger partial charge on any atom is -0.327 e. The molecule has 0 saturated carbocycles. The summed E-state index contributed by atoms with van der Waals surface area (Å²) in [4.78, 5) is 13.4. The van der Waals surface area contributed by atoms with Gasteiger partial charge in [-0.25, -0.2) is 19.3 Å². The summed E-state index contributed by atoms with van der Waals surface area (Å²) in [5.74, 6) is 1.48. The predicted molar refractivity (Wildman–Crippen MR) is 92.5 cm³/mol. The van der Waals surface area contributed by atoms with Crippen LogP contribution in [-0.4, -0.2) is 24.1 Å². The number of fused-ring (bicyclic) bond motifs is 1. The highest BCUT2D eigenvalue weighted by Gasteiger charge is 2.15. The van der Waals surface area contributed by atoms with Crippen molar-refractivity contribution in [1.82, 2.24) is 24.1 Å². The lowest BCUT2D eigenvalue weighted by Gasteiger charge is -2.09. The molecule has 0 atom stereocenters. The molecule has 3 heterocycles. The Hall–Kier alpha value is -2.54. The molecule has 0 aliphatic heterocycles. The number of benzene rings is 1. The van der Waals surface area contributed by atoms with Crippen LogP contribution in [0.5, 0.6) is 0 Å². The van der Waals surface area contributed by atoms with E-state index in [1.165, 1.54) is 6.07 Å². The molecule has 0 aliphatic carbocycles. The van der Waals surface area contributed by atoms with Gasteiger partial charge in [-0.05, 0) is 25.5 Å². The molecular formula is C17H16FN5S. The number of imidazole rings is 2. The van der Waals surface area contributed by atoms with Crippen LogP contribution in [0.4, 0.5) is 4.39 Å². The van der Waals surface area contributed by atoms with Crippen molar-refractivity contribution in [1.29, 1.82) is 0 Å². The maximum absolute atomic E-state index is 13.8. The zero-order valence-corrected chi connectivity index (χ0v) is 14.2. The molecular weight excluding hydrogens is 325 g/mol. The molecule has 0 saturated heterocycles. The average molecular weight is 341 g/mol. The van der Waals surface area contributed by atoms with Gasteiger partial charge in [0.1, 0.15) is 11.6 Å². The third-order valence-electron chi connectivity index (χ3n) is 4.07. The van der Waals surface area contributed by atoms with Crippen molar-refractivity contribution < 1.29 is 4.39 Å². The zero-order valence-electron chi connectivity index (χ0n) is 13.4. The molecule has 122 valence electrons. The molecule has 7 heteroatoms. The molecule has 0 unspecified atom stereocenters. The monoisotopic (exact) mass is 341 g/mol. The maximum atomic E-state index is 13.8. The van der Waals surface area contributed by atoms with Crippen molar-refractivity contribution in [3.8, 4) is 10.8 Å². The van der Waals surface area contributed by atoms with Gasteiger partial charge in [-0.2, -0.15) is 0 Å². The average Bonchev–Trinajstić information content (AvgIpc) is 3.27. The van der Waals surface area contributed by atoms with Gasteiger partial charge in [0, 0.05) is 36.6 Å². The van der Waals surface area contributed by atoms with Gasteiger partial charge < -0.3 is 9.13 Å². The predicted octanol–water partition coefficient (Wildman–Crippen LogP) is 3.87. The van der Waals surface area contributed by atoms with E-state index in [1.807, 2.05) is 22.2 Å². The Balaban J connectivity index is 1.79. The molecule has 5 nitrogen and oxygen atoms in total. The lowest BCUT2D eigenvalue weighted by Crippen LogP contribution is -2.08. The molecule has 0 bridgehead atoms. The number of rotatable bonds is 4. The molecule has 0 spiro atoms. The molecule has 1 aromatic carbocycles. The van der Waals surface area contributed by atoms with Gasteiger partial charge in [-0.15, -0.1) is 11.3 Å². The Bertz CT molecular complexity index is 1000. The van der Waals surface area contributed by atoms with Crippen LogP contribution in [0.1, 0.15) is 18.3 Å². The minimum absolute atomic E-state index is 0.221. The van der Waals surface area contributed by atoms with Crippen LogP contribution in [0.3, 0.4) is 0 Å². The van der Waals surface area contributed by atoms with Crippen LogP contribution in [0.15, 0.2) is 36.1 Å². The highest BCUT2D eigenvalue weighted by molar-refractivity contribution is 7.13. The summed E-state index contributed by atoms with van der Waals surface area (Å²) in [6.07, 6.45) is 5.45. The second-order valence-electron chi connectivity index (χ2n) is 5.58. The fourth-order valence-electron chi connectivity index (χ4n) is 2.89. The lowest BCUT2D eigenvalue weighted by molar-refractivity contribution is 0.620. The normalized spacial score (nSPS) is 11.5. The summed E-state index contributed by atoms with van der Waals surface area (Å²) < 4.78 is 18.0. The number of thiazole rings is 1. The first-order valence-corrected chi connectivity index (χ1v) is 8.61. The number of halogens is 1. The van der Waals surface area contributed by atoms with E-state index >= 15 is 0 Å². The van der Waals surface area contributed by atoms with Gasteiger partial charge in [0.2, 0.25) is 0 Å². The number of hydrogen-bond donors (Lipinski definition) is 0. The standard InChI is InChI=1S/C17H16FN5S/c1-3-23-14-8-11(2)12(18)9-13(14)21-15(23)10-22-6-4-19-16(22)17-20-5-7-24-17/h4-9H,3,10H2,1-2H3. The maximum Gasteiger partial charge on any atom is 0.169 e. The molecule has 24 heavy (non-hydrogen) atoms. The van der Waals surface area contributed by atoms with Gasteiger partial charge in [-0.3, -0.25) is 0 Å². The Kier molecular flexibility index (Phi) is 3.65. The van der Waals surface area contributed by atoms with Crippen LogP contribution in [0, 0.1) is 12.7 Å². The quantitative estimate of drug-likeness (QED) is 0.566. The van der Waals surface area contributed by atoms with E-state index in [1.54, 1.807) is 30.7 Å². The third-order valence-corrected chi connectivity index (χ3v) is 4.84. The number of aryl methyl sites for hydroxylation is 2. The molecule has 4 rings (SSSR count). The summed E-state index contributed by atoms with van der Waals surface area (Å²) in [5.41, 5.74) is 2.28. The van der Waals surface area contributed by atoms with Crippen molar-refractivity contribution in [2.75, 3.05) is 0 Å². The fourth-order valence-corrected chi connectivity index (χ4v) is 3.54. The van der Waals surface area contributed by atoms with Crippen molar-refractivity contribution in [2.24, 2.45) is 0 Å². The molecule has 0 radical (unpaired) electrons. The molecule has 0 N–H and O–H groups in total. The van der Waals surface area contributed by atoms with Crippen molar-refractivity contribution in [3.63, 3.8) is 0 Å². The Morgan fingerprint density at radius 1 is 1.21 bits per heavy atom. The van der Waals surface area contributed by atoms with E-state index in [0.29, 0.717) is 17.6 Å². The molecule has 0 fully saturated rings. The van der Waals surface area contributed by atoms with Crippen LogP contribution in [0.25, 0.3) is 21.9 Å². The summed E-state index contributed by atoms with van der Waals surface area (Å²) in [5, 5.41) is 2.81. The molecule has 3 aromatic heterocycles. The summed E-state index contributed by atoms with van der Waals surface area (Å²) in [7, 11) is 0. The van der Waals surface area contributed by atoms with Crippen molar-refractivity contribution in [3.05, 3.63) is 53.3 Å². The smallest absolute Gasteiger partial charge is 0.169 e. The van der Waals surface area contributed by atoms with Gasteiger partial charge in [0.15, 0.2) is 10.8 Å². The fraction of sp³-hybridized carbons (Fsp3) is 0.235. The topological polar surface area (TPSA) is 48.5 Å². The molecule has 0 aliphatic rings. The zero-order chi connectivity index (χ0) is 16.7. The van der Waals surface area contributed by atoms with E-state index in [0.717, 1.165) is 28.7 Å². The van der Waals surface area contributed by atoms with Gasteiger partial charge in [0.05, 0.1) is 17.6 Å². The molecule has 0 amide bonds. The van der Waals surface area contributed by atoms with E-state index in [-0.39, 0.29) is 5.82 Å². The van der Waals surface area contributed by atoms with E-state index < -0.39 is 0 Å². The minimum atomic E-state index is -0.221. The Morgan fingerprint density at radius 3 is 2.83 bits per heavy atom. The first-order valence-electron chi connectivity index (χ1n) is 7.73. The summed E-state index contributed by atoms with van der Waals surface area (Å²) >= 11 is 1.55. The van der Waals surface area contributed by atoms with E-state index in [2.05, 4.69) is 26.4 Å². The van der Waals surface area contributed by atoms with Gasteiger partial charge in [-0.1, -0.05) is 0 Å². The molecule has 4 aromatic rings. The highest BCUT2D eigenvalue weighted by Crippen LogP contribution is 2.24. The Morgan fingerprint density at radius 2 is 2.08 bits per heavy atom. The van der Waals surface area contributed by atoms with E-state index in [4.69, 9.17) is 0 Å².